The van der Waals surface area contributed by atoms with Crippen LogP contribution in [0.4, 0.5) is 0 Å². The molecule has 0 aromatic heterocycles. The Morgan fingerprint density at radius 2 is 1.53 bits per heavy atom. The summed E-state index contributed by atoms with van der Waals surface area (Å²) in [6.07, 6.45) is 13.4. The van der Waals surface area contributed by atoms with Crippen molar-refractivity contribution >= 4 is 5.91 Å². The summed E-state index contributed by atoms with van der Waals surface area (Å²) in [5, 5.41) is 21.5. The molecule has 1 amide bonds. The number of hydrogen-bond donors (Lipinski definition) is 2. The van der Waals surface area contributed by atoms with Crippen LogP contribution in [0.15, 0.2) is 24.3 Å². The molecule has 4 saturated carbocycles. The molecule has 0 radical (unpaired) electrons. The highest BCUT2D eigenvalue weighted by Gasteiger charge is 2.81. The summed E-state index contributed by atoms with van der Waals surface area (Å²) in [4.78, 5) is 18.2. The van der Waals surface area contributed by atoms with E-state index in [0.29, 0.717) is 34.3 Å². The highest BCUT2D eigenvalue weighted by Crippen LogP contribution is 2.87. The Hall–Kier alpha value is -2.25. The first-order valence-electron chi connectivity index (χ1n) is 16.4. The normalized spacial score (nSPS) is 43.2. The maximum Gasteiger partial charge on any atom is 0.254 e. The standard InChI is InChI=1S/C36H54N2O5/c1-22(37(5)6)24-12-14-34(4)28-11-10-27-32(2,21-39)29(13-15-35(27)20-36(28,35)17-16-33(24,34)3)38(7)31(41)23-18-25(42-8)30(40)26(19-23)43-9/h10-11,18-19,22,24,27-29,39-40H,12-17,20-21H2,1-9H3/t22-,24+,27-,28-,29+,32-,33+,34-,35+,36-/m0/s1. The molecule has 0 unspecified atom stereocenters. The van der Waals surface area contributed by atoms with Crippen molar-refractivity contribution in [3.8, 4) is 17.2 Å². The third-order valence-electron chi connectivity index (χ3n) is 14.6. The molecule has 0 saturated heterocycles. The number of phenols is 1. The Kier molecular flexibility index (Phi) is 7.06. The van der Waals surface area contributed by atoms with Crippen molar-refractivity contribution in [3.05, 3.63) is 29.8 Å². The first kappa shape index (κ1) is 30.8. The van der Waals surface area contributed by atoms with Gasteiger partial charge in [-0.05, 0) is 118 Å². The van der Waals surface area contributed by atoms with Crippen LogP contribution in [0.3, 0.4) is 0 Å². The molecule has 5 aliphatic rings. The minimum absolute atomic E-state index is 0.0341. The Bertz CT molecular complexity index is 1300. The molecule has 7 nitrogen and oxygen atoms in total. The van der Waals surface area contributed by atoms with Crippen molar-refractivity contribution in [1.82, 2.24) is 9.80 Å². The average Bonchev–Trinajstić information content (AvgIpc) is 3.57. The van der Waals surface area contributed by atoms with Crippen molar-refractivity contribution in [1.29, 1.82) is 0 Å². The second-order valence-electron chi connectivity index (χ2n) is 15.9. The maximum absolute atomic E-state index is 13.9. The van der Waals surface area contributed by atoms with Crippen molar-refractivity contribution in [2.24, 2.45) is 44.8 Å². The van der Waals surface area contributed by atoms with E-state index in [1.165, 1.54) is 46.3 Å². The van der Waals surface area contributed by atoms with Gasteiger partial charge in [0.15, 0.2) is 11.5 Å². The molecule has 1 aromatic carbocycles. The summed E-state index contributed by atoms with van der Waals surface area (Å²) < 4.78 is 10.7. The molecular weight excluding hydrogens is 540 g/mol. The summed E-state index contributed by atoms with van der Waals surface area (Å²) in [5.74, 6) is 1.64. The van der Waals surface area contributed by atoms with Gasteiger partial charge in [0, 0.05) is 30.1 Å². The molecular formula is C36H54N2O5. The van der Waals surface area contributed by atoms with Crippen LogP contribution in [-0.2, 0) is 0 Å². The molecule has 0 aliphatic heterocycles. The fraction of sp³-hybridized carbons (Fsp3) is 0.750. The van der Waals surface area contributed by atoms with Gasteiger partial charge in [-0.1, -0.05) is 32.9 Å². The zero-order chi connectivity index (χ0) is 31.3. The van der Waals surface area contributed by atoms with Crippen molar-refractivity contribution in [2.75, 3.05) is 42.0 Å². The van der Waals surface area contributed by atoms with E-state index in [-0.39, 0.29) is 52.6 Å². The van der Waals surface area contributed by atoms with Gasteiger partial charge in [0.25, 0.3) is 5.91 Å². The van der Waals surface area contributed by atoms with E-state index < -0.39 is 5.41 Å². The molecule has 0 bridgehead atoms. The highest BCUT2D eigenvalue weighted by atomic mass is 16.5. The smallest absolute Gasteiger partial charge is 0.254 e. The number of hydrogen-bond acceptors (Lipinski definition) is 6. The third-order valence-corrected chi connectivity index (χ3v) is 14.6. The van der Waals surface area contributed by atoms with Crippen LogP contribution in [0, 0.1) is 44.8 Å². The number of amides is 1. The topological polar surface area (TPSA) is 82.5 Å². The van der Waals surface area contributed by atoms with E-state index in [0.717, 1.165) is 12.8 Å². The number of methoxy groups -OCH3 is 2. The fourth-order valence-electron chi connectivity index (χ4n) is 11.8. The number of carbonyl (C=O) groups is 1. The van der Waals surface area contributed by atoms with E-state index in [9.17, 15) is 15.0 Å². The molecule has 238 valence electrons. The molecule has 43 heavy (non-hydrogen) atoms. The van der Waals surface area contributed by atoms with Crippen LogP contribution >= 0.6 is 0 Å². The molecule has 1 aromatic rings. The lowest BCUT2D eigenvalue weighted by atomic mass is 9.43. The lowest BCUT2D eigenvalue weighted by Crippen LogP contribution is -2.61. The maximum atomic E-state index is 13.9. The van der Waals surface area contributed by atoms with E-state index in [1.807, 2.05) is 11.9 Å². The Morgan fingerprint density at radius 1 is 0.930 bits per heavy atom. The quantitative estimate of drug-likeness (QED) is 0.378. The summed E-state index contributed by atoms with van der Waals surface area (Å²) in [6, 6.07) is 3.60. The summed E-state index contributed by atoms with van der Waals surface area (Å²) in [6.45, 7) is 9.89. The van der Waals surface area contributed by atoms with Crippen LogP contribution < -0.4 is 9.47 Å². The van der Waals surface area contributed by atoms with Crippen LogP contribution in [0.25, 0.3) is 0 Å². The second kappa shape index (κ2) is 9.87. The molecule has 4 fully saturated rings. The first-order valence-corrected chi connectivity index (χ1v) is 16.4. The van der Waals surface area contributed by atoms with Gasteiger partial charge in [-0.3, -0.25) is 4.79 Å². The number of ether oxygens (including phenoxy) is 2. The fourth-order valence-corrected chi connectivity index (χ4v) is 11.8. The van der Waals surface area contributed by atoms with Crippen LogP contribution in [0.2, 0.25) is 0 Å². The predicted molar refractivity (Wildman–Crippen MR) is 168 cm³/mol. The number of rotatable bonds is 7. The molecule has 2 spiro atoms. The summed E-state index contributed by atoms with van der Waals surface area (Å²) >= 11 is 0. The number of benzene rings is 1. The van der Waals surface area contributed by atoms with Crippen molar-refractivity contribution in [3.63, 3.8) is 0 Å². The number of aromatic hydroxyl groups is 1. The Morgan fingerprint density at radius 3 is 2.12 bits per heavy atom. The van der Waals surface area contributed by atoms with Gasteiger partial charge in [-0.15, -0.1) is 0 Å². The number of carbonyl (C=O) groups excluding carboxylic acids is 1. The van der Waals surface area contributed by atoms with Gasteiger partial charge in [0.1, 0.15) is 0 Å². The lowest BCUT2D eigenvalue weighted by molar-refractivity contribution is -0.117. The van der Waals surface area contributed by atoms with E-state index in [1.54, 1.807) is 12.1 Å². The SMILES string of the molecule is COc1cc(C(=O)N(C)[C@@H]2CC[C@]34C[C@]35CC[C@]3(C)[C@@H]([C@H](C)N(C)C)CC[C@@]3(C)[C@@H]5C=C[C@H]4[C@]2(C)CO)cc(OC)c1O. The first-order chi connectivity index (χ1) is 20.2. The van der Waals surface area contributed by atoms with Gasteiger partial charge in [-0.25, -0.2) is 0 Å². The second-order valence-corrected chi connectivity index (χ2v) is 15.9. The van der Waals surface area contributed by atoms with Crippen molar-refractivity contribution < 1.29 is 24.5 Å². The number of aliphatic hydroxyl groups is 1. The van der Waals surface area contributed by atoms with Crippen LogP contribution in [0.1, 0.15) is 83.0 Å². The number of fused-ring (bicyclic) bond motifs is 2. The van der Waals surface area contributed by atoms with Gasteiger partial charge in [0.05, 0.1) is 20.8 Å². The third kappa shape index (κ3) is 3.76. The molecule has 6 rings (SSSR count). The molecule has 2 N–H and O–H groups in total. The average molecular weight is 595 g/mol. The predicted octanol–water partition coefficient (Wildman–Crippen LogP) is 5.99. The van der Waals surface area contributed by atoms with E-state index >= 15 is 0 Å². The Balaban J connectivity index is 1.32. The molecule has 10 atom stereocenters. The zero-order valence-corrected chi connectivity index (χ0v) is 27.9. The zero-order valence-electron chi connectivity index (χ0n) is 27.9. The Labute approximate surface area is 258 Å². The van der Waals surface area contributed by atoms with Crippen LogP contribution in [-0.4, -0.2) is 80.0 Å². The van der Waals surface area contributed by atoms with Gasteiger partial charge in [-0.2, -0.15) is 0 Å². The van der Waals surface area contributed by atoms with E-state index in [2.05, 4.69) is 58.8 Å². The summed E-state index contributed by atoms with van der Waals surface area (Å²) in [7, 11) is 9.26. The van der Waals surface area contributed by atoms with E-state index in [4.69, 9.17) is 9.47 Å². The van der Waals surface area contributed by atoms with Gasteiger partial charge in [0.2, 0.25) is 5.75 Å². The van der Waals surface area contributed by atoms with Gasteiger partial charge < -0.3 is 29.5 Å². The van der Waals surface area contributed by atoms with Crippen molar-refractivity contribution in [2.45, 2.75) is 84.7 Å². The minimum atomic E-state index is -0.460. The minimum Gasteiger partial charge on any atom is -0.502 e. The number of aliphatic hydroxyl groups excluding tert-OH is 1. The monoisotopic (exact) mass is 594 g/mol. The number of allylic oxidation sites excluding steroid dienone is 2. The largest absolute Gasteiger partial charge is 0.502 e. The molecule has 5 aliphatic carbocycles. The highest BCUT2D eigenvalue weighted by molar-refractivity contribution is 5.95. The van der Waals surface area contributed by atoms with Gasteiger partial charge >= 0.3 is 0 Å². The van der Waals surface area contributed by atoms with Crippen LogP contribution in [0.5, 0.6) is 17.2 Å². The number of phenolic OH excluding ortho intramolecular Hbond substituents is 1. The molecule has 7 heteroatoms. The summed E-state index contributed by atoms with van der Waals surface area (Å²) in [5.41, 5.74) is 1.05. The molecule has 0 heterocycles. The lowest BCUT2D eigenvalue weighted by Gasteiger charge is -2.62. The number of nitrogens with zero attached hydrogens (tertiary/aromatic N) is 2.